The highest BCUT2D eigenvalue weighted by molar-refractivity contribution is 8.03. The van der Waals surface area contributed by atoms with E-state index < -0.39 is 0 Å². The lowest BCUT2D eigenvalue weighted by Gasteiger charge is -2.08. The van der Waals surface area contributed by atoms with Crippen molar-refractivity contribution < 1.29 is 0 Å². The molecule has 1 aliphatic heterocycles. The van der Waals surface area contributed by atoms with Crippen LogP contribution in [0.4, 0.5) is 0 Å². The fourth-order valence-electron chi connectivity index (χ4n) is 2.56. The van der Waals surface area contributed by atoms with Crippen LogP contribution in [0.25, 0.3) is 9.75 Å². The van der Waals surface area contributed by atoms with Gasteiger partial charge in [0, 0.05) is 24.8 Å². The maximum Gasteiger partial charge on any atom is 0.0475 e. The Hall–Kier alpha value is -0.510. The van der Waals surface area contributed by atoms with Crippen LogP contribution >= 0.6 is 34.4 Å². The van der Waals surface area contributed by atoms with Gasteiger partial charge in [-0.1, -0.05) is 5.57 Å². The summed E-state index contributed by atoms with van der Waals surface area (Å²) in [6, 6.07) is 4.72. The van der Waals surface area contributed by atoms with Crippen LogP contribution in [-0.4, -0.2) is 0 Å². The molecule has 1 aliphatic rings. The number of thiophene rings is 2. The molecule has 0 radical (unpaired) electrons. The Labute approximate surface area is 133 Å². The maximum absolute atomic E-state index is 2.38. The first-order valence-corrected chi connectivity index (χ1v) is 9.47. The Kier molecular flexibility index (Phi) is 3.87. The Morgan fingerprint density at radius 3 is 2.10 bits per heavy atom. The second-order valence-corrected chi connectivity index (χ2v) is 9.41. The summed E-state index contributed by atoms with van der Waals surface area (Å²) in [5.41, 5.74) is 4.45. The Balaban J connectivity index is 1.92. The van der Waals surface area contributed by atoms with Crippen LogP contribution in [0.15, 0.2) is 22.6 Å². The van der Waals surface area contributed by atoms with E-state index in [0.717, 1.165) is 0 Å². The third-order valence-electron chi connectivity index (χ3n) is 4.07. The lowest BCUT2D eigenvalue weighted by molar-refractivity contribution is 0.947. The molecule has 2 aromatic heterocycles. The Morgan fingerprint density at radius 2 is 1.55 bits per heavy atom. The number of allylic oxidation sites excluding steroid dienone is 2. The first-order valence-electron chi connectivity index (χ1n) is 6.96. The number of thioether (sulfide) groups is 1. The smallest absolute Gasteiger partial charge is 0.0475 e. The van der Waals surface area contributed by atoms with Crippen molar-refractivity contribution in [2.24, 2.45) is 0 Å². The number of hydrogen-bond acceptors (Lipinski definition) is 3. The molecule has 0 fully saturated rings. The van der Waals surface area contributed by atoms with Crippen molar-refractivity contribution in [1.82, 2.24) is 0 Å². The van der Waals surface area contributed by atoms with Crippen LogP contribution in [-0.2, 0) is 0 Å². The van der Waals surface area contributed by atoms with Gasteiger partial charge in [0.25, 0.3) is 0 Å². The summed E-state index contributed by atoms with van der Waals surface area (Å²) >= 11 is 5.98. The Morgan fingerprint density at radius 1 is 0.900 bits per heavy atom. The quantitative estimate of drug-likeness (QED) is 0.581. The third-order valence-corrected chi connectivity index (χ3v) is 8.31. The highest BCUT2D eigenvalue weighted by Gasteiger charge is 2.25. The lowest BCUT2D eigenvalue weighted by Crippen LogP contribution is -1.87. The van der Waals surface area contributed by atoms with E-state index in [1.54, 1.807) is 10.5 Å². The molecule has 20 heavy (non-hydrogen) atoms. The second-order valence-electron chi connectivity index (χ2n) is 5.65. The molecule has 1 atom stereocenters. The van der Waals surface area contributed by atoms with E-state index in [2.05, 4.69) is 58.5 Å². The topological polar surface area (TPSA) is 0 Å². The van der Waals surface area contributed by atoms with Crippen molar-refractivity contribution >= 4 is 34.4 Å². The van der Waals surface area contributed by atoms with Gasteiger partial charge in [-0.2, -0.15) is 0 Å². The molecular weight excluding hydrogens is 300 g/mol. The predicted octanol–water partition coefficient (Wildman–Crippen LogP) is 6.87. The molecule has 0 saturated carbocycles. The molecule has 0 N–H and O–H groups in total. The van der Waals surface area contributed by atoms with Crippen molar-refractivity contribution in [3.8, 4) is 9.75 Å². The van der Waals surface area contributed by atoms with E-state index in [-0.39, 0.29) is 0 Å². The zero-order valence-electron chi connectivity index (χ0n) is 12.7. The molecule has 3 heterocycles. The summed E-state index contributed by atoms with van der Waals surface area (Å²) in [4.78, 5) is 7.42. The van der Waals surface area contributed by atoms with Gasteiger partial charge in [0.15, 0.2) is 0 Å². The normalized spacial score (nSPS) is 19.1. The van der Waals surface area contributed by atoms with Gasteiger partial charge in [-0.05, 0) is 69.2 Å². The molecule has 3 rings (SSSR count). The summed E-state index contributed by atoms with van der Waals surface area (Å²) in [5.74, 6) is 0. The van der Waals surface area contributed by atoms with E-state index in [0.29, 0.717) is 5.25 Å². The minimum Gasteiger partial charge on any atom is -0.139 e. The van der Waals surface area contributed by atoms with Crippen LogP contribution in [0, 0.1) is 20.8 Å². The molecule has 0 bridgehead atoms. The van der Waals surface area contributed by atoms with Crippen LogP contribution in [0.2, 0.25) is 0 Å². The van der Waals surface area contributed by atoms with Gasteiger partial charge >= 0.3 is 0 Å². The van der Waals surface area contributed by atoms with Crippen LogP contribution in [0.1, 0.15) is 46.4 Å². The van der Waals surface area contributed by atoms with Gasteiger partial charge in [-0.25, -0.2) is 0 Å². The van der Waals surface area contributed by atoms with E-state index in [1.165, 1.54) is 37.1 Å². The van der Waals surface area contributed by atoms with Crippen molar-refractivity contribution in [2.75, 3.05) is 0 Å². The molecule has 3 heteroatoms. The molecule has 2 aromatic rings. The highest BCUT2D eigenvalue weighted by atomic mass is 32.2. The fraction of sp³-hybridized carbons (Fsp3) is 0.412. The average molecular weight is 321 g/mol. The summed E-state index contributed by atoms with van der Waals surface area (Å²) in [6.07, 6.45) is 1.22. The Bertz CT molecular complexity index is 652. The van der Waals surface area contributed by atoms with Crippen LogP contribution in [0.5, 0.6) is 0 Å². The first-order chi connectivity index (χ1) is 9.45. The van der Waals surface area contributed by atoms with Gasteiger partial charge in [0.2, 0.25) is 0 Å². The molecule has 0 aliphatic carbocycles. The third kappa shape index (κ3) is 2.51. The maximum atomic E-state index is 2.38. The summed E-state index contributed by atoms with van der Waals surface area (Å²) in [6.45, 7) is 11.2. The zero-order valence-corrected chi connectivity index (χ0v) is 15.1. The largest absolute Gasteiger partial charge is 0.139 e. The molecule has 0 amide bonds. The van der Waals surface area contributed by atoms with Gasteiger partial charge in [0.1, 0.15) is 0 Å². The summed E-state index contributed by atoms with van der Waals surface area (Å²) < 4.78 is 0. The number of rotatable bonds is 2. The molecule has 106 valence electrons. The lowest BCUT2D eigenvalue weighted by atomic mass is 10.1. The molecule has 0 spiro atoms. The fourth-order valence-corrected chi connectivity index (χ4v) is 6.44. The van der Waals surface area contributed by atoms with E-state index in [4.69, 9.17) is 0 Å². The van der Waals surface area contributed by atoms with Gasteiger partial charge in [-0.15, -0.1) is 34.4 Å². The van der Waals surface area contributed by atoms with Crippen molar-refractivity contribution in [3.05, 3.63) is 43.5 Å². The van der Waals surface area contributed by atoms with Gasteiger partial charge in [0.05, 0.1) is 0 Å². The molecule has 0 aromatic carbocycles. The second kappa shape index (κ2) is 5.36. The van der Waals surface area contributed by atoms with Crippen molar-refractivity contribution in [2.45, 2.75) is 46.3 Å². The van der Waals surface area contributed by atoms with E-state index >= 15 is 0 Å². The summed E-state index contributed by atoms with van der Waals surface area (Å²) in [7, 11) is 0. The van der Waals surface area contributed by atoms with Crippen molar-refractivity contribution in [1.29, 1.82) is 0 Å². The zero-order chi connectivity index (χ0) is 14.4. The number of aryl methyl sites for hydroxylation is 3. The molecule has 0 saturated heterocycles. The van der Waals surface area contributed by atoms with Crippen molar-refractivity contribution in [3.63, 3.8) is 0 Å². The van der Waals surface area contributed by atoms with Gasteiger partial charge < -0.3 is 0 Å². The van der Waals surface area contributed by atoms with Crippen LogP contribution in [0.3, 0.4) is 0 Å². The average Bonchev–Trinajstić information content (AvgIpc) is 3.01. The van der Waals surface area contributed by atoms with Crippen LogP contribution < -0.4 is 0 Å². The van der Waals surface area contributed by atoms with E-state index in [9.17, 15) is 0 Å². The SMILES string of the molecule is CC1=C(C)SC(c2sc(-c3cc(C)c(C)s3)cc2C)C1. The minimum atomic E-state index is 0.649. The van der Waals surface area contributed by atoms with E-state index in [1.807, 2.05) is 22.7 Å². The molecule has 1 unspecified atom stereocenters. The predicted molar refractivity (Wildman–Crippen MR) is 95.2 cm³/mol. The summed E-state index contributed by atoms with van der Waals surface area (Å²) in [5, 5.41) is 0.649. The molecule has 0 nitrogen and oxygen atoms in total. The minimum absolute atomic E-state index is 0.649. The standard InChI is InChI=1S/C17H20S3/c1-9-6-14(18-12(9)4)15-8-11(3)17(20-15)16-7-10(2)13(5)19-16/h6,8,16H,7H2,1-5H3. The monoisotopic (exact) mass is 320 g/mol. The van der Waals surface area contributed by atoms with Gasteiger partial charge in [-0.3, -0.25) is 0 Å². The first kappa shape index (κ1) is 14.4. The highest BCUT2D eigenvalue weighted by Crippen LogP contribution is 2.51. The number of hydrogen-bond donors (Lipinski definition) is 0. The molecular formula is C17H20S3.